The van der Waals surface area contributed by atoms with Gasteiger partial charge in [0.1, 0.15) is 13.7 Å². The third kappa shape index (κ3) is 2.47. The minimum absolute atomic E-state index is 0.280. The minimum atomic E-state index is -4.75. The van der Waals surface area contributed by atoms with Crippen molar-refractivity contribution < 1.29 is 28.0 Å². The van der Waals surface area contributed by atoms with Crippen molar-refractivity contribution in [3.8, 4) is 0 Å². The third-order valence-corrected chi connectivity index (χ3v) is 1.91. The van der Waals surface area contributed by atoms with Crippen LogP contribution in [0, 0.1) is 11.0 Å². The zero-order valence-corrected chi connectivity index (χ0v) is 7.52. The SMILES string of the molecule is Bc1c([NH+]([O-])O)cc(F)cc1C(F)(F)F. The Morgan fingerprint density at radius 3 is 2.27 bits per heavy atom. The number of hydrogen-bond donors (Lipinski definition) is 2. The van der Waals surface area contributed by atoms with Crippen LogP contribution in [0.25, 0.3) is 0 Å². The van der Waals surface area contributed by atoms with Gasteiger partial charge in [-0.3, -0.25) is 0 Å². The molecular weight excluding hydrogens is 217 g/mol. The van der Waals surface area contributed by atoms with E-state index in [1.807, 2.05) is 0 Å². The number of benzene rings is 1. The molecule has 0 radical (unpaired) electrons. The van der Waals surface area contributed by atoms with Crippen LogP contribution in [0.4, 0.5) is 23.2 Å². The summed E-state index contributed by atoms with van der Waals surface area (Å²) >= 11 is 0. The summed E-state index contributed by atoms with van der Waals surface area (Å²) in [6, 6.07) is 0.842. The molecule has 0 aliphatic heterocycles. The largest absolute Gasteiger partial charge is 0.595 e. The number of hydrogen-bond acceptors (Lipinski definition) is 2. The lowest BCUT2D eigenvalue weighted by molar-refractivity contribution is -0.990. The van der Waals surface area contributed by atoms with Crippen LogP contribution in [-0.2, 0) is 6.18 Å². The fraction of sp³-hybridized carbons (Fsp3) is 0.143. The fourth-order valence-electron chi connectivity index (χ4n) is 1.20. The Kier molecular flexibility index (Phi) is 3.03. The zero-order valence-electron chi connectivity index (χ0n) is 7.52. The van der Waals surface area contributed by atoms with E-state index in [1.54, 1.807) is 0 Å². The van der Waals surface area contributed by atoms with Crippen LogP contribution in [0.1, 0.15) is 5.56 Å². The first-order chi connectivity index (χ1) is 6.73. The van der Waals surface area contributed by atoms with E-state index < -0.39 is 33.9 Å². The molecule has 0 aliphatic carbocycles. The van der Waals surface area contributed by atoms with Crippen molar-refractivity contribution in [1.29, 1.82) is 0 Å². The summed E-state index contributed by atoms with van der Waals surface area (Å²) < 4.78 is 49.7. The number of alkyl halides is 3. The van der Waals surface area contributed by atoms with Crippen molar-refractivity contribution in [3.05, 3.63) is 28.7 Å². The second-order valence-corrected chi connectivity index (χ2v) is 2.93. The van der Waals surface area contributed by atoms with Crippen LogP contribution in [0.2, 0.25) is 0 Å². The molecule has 0 fully saturated rings. The van der Waals surface area contributed by atoms with Gasteiger partial charge in [0, 0.05) is 6.07 Å². The quantitative estimate of drug-likeness (QED) is 0.383. The lowest BCUT2D eigenvalue weighted by Crippen LogP contribution is -3.00. The maximum atomic E-state index is 12.7. The zero-order chi connectivity index (χ0) is 11.8. The molecule has 1 rings (SSSR count). The molecule has 1 aromatic carbocycles. The molecule has 3 nitrogen and oxygen atoms in total. The van der Waals surface area contributed by atoms with Gasteiger partial charge in [0.15, 0.2) is 5.69 Å². The predicted octanol–water partition coefficient (Wildman–Crippen LogP) is -0.494. The summed E-state index contributed by atoms with van der Waals surface area (Å²) in [7, 11) is 0.992. The lowest BCUT2D eigenvalue weighted by atomic mass is 9.88. The molecule has 1 unspecified atom stereocenters. The Hall–Kier alpha value is -1.12. The maximum absolute atomic E-state index is 12.7. The van der Waals surface area contributed by atoms with E-state index in [1.165, 1.54) is 0 Å². The van der Waals surface area contributed by atoms with E-state index in [0.29, 0.717) is 6.07 Å². The summed E-state index contributed by atoms with van der Waals surface area (Å²) in [4.78, 5) is 0. The van der Waals surface area contributed by atoms with Gasteiger partial charge in [-0.25, -0.2) is 9.60 Å². The van der Waals surface area contributed by atoms with E-state index in [9.17, 15) is 22.8 Å². The minimum Gasteiger partial charge on any atom is -0.595 e. The van der Waals surface area contributed by atoms with Crippen LogP contribution in [0.15, 0.2) is 12.1 Å². The van der Waals surface area contributed by atoms with Gasteiger partial charge in [0.25, 0.3) is 0 Å². The molecule has 0 amide bonds. The Bertz CT molecular complexity index is 380. The van der Waals surface area contributed by atoms with E-state index >= 15 is 0 Å². The smallest absolute Gasteiger partial charge is 0.416 e. The van der Waals surface area contributed by atoms with Gasteiger partial charge < -0.3 is 5.21 Å². The topological polar surface area (TPSA) is 47.7 Å². The van der Waals surface area contributed by atoms with Crippen molar-refractivity contribution in [2.24, 2.45) is 0 Å². The number of rotatable bonds is 1. The summed E-state index contributed by atoms with van der Waals surface area (Å²) in [6.07, 6.45) is -4.75. The highest BCUT2D eigenvalue weighted by molar-refractivity contribution is 6.36. The molecule has 15 heavy (non-hydrogen) atoms. The normalized spacial score (nSPS) is 14.0. The van der Waals surface area contributed by atoms with Crippen LogP contribution in [-0.4, -0.2) is 13.1 Å². The van der Waals surface area contributed by atoms with Gasteiger partial charge >= 0.3 is 6.18 Å². The van der Waals surface area contributed by atoms with Crippen molar-refractivity contribution in [3.63, 3.8) is 0 Å². The molecule has 0 heterocycles. The third-order valence-electron chi connectivity index (χ3n) is 1.91. The summed E-state index contributed by atoms with van der Waals surface area (Å²) in [5.74, 6) is -1.22. The Labute approximate surface area is 82.9 Å². The second kappa shape index (κ2) is 3.80. The van der Waals surface area contributed by atoms with Gasteiger partial charge in [0.05, 0.1) is 5.56 Å². The Balaban J connectivity index is 3.42. The molecule has 82 valence electrons. The maximum Gasteiger partial charge on any atom is 0.416 e. The molecule has 1 aromatic rings. The van der Waals surface area contributed by atoms with Crippen molar-refractivity contribution in [2.45, 2.75) is 6.18 Å². The van der Waals surface area contributed by atoms with Gasteiger partial charge in [0.2, 0.25) is 0 Å². The molecule has 1 atom stereocenters. The number of nitrogens with one attached hydrogen (secondary N) is 1. The molecule has 0 saturated heterocycles. The Morgan fingerprint density at radius 1 is 1.33 bits per heavy atom. The molecule has 0 spiro atoms. The molecule has 0 aliphatic rings. The molecule has 8 heteroatoms. The molecule has 0 aromatic heterocycles. The first-order valence-corrected chi connectivity index (χ1v) is 3.84. The van der Waals surface area contributed by atoms with E-state index in [2.05, 4.69) is 0 Å². The predicted molar refractivity (Wildman–Crippen MR) is 45.4 cm³/mol. The van der Waals surface area contributed by atoms with E-state index in [4.69, 9.17) is 5.21 Å². The molecule has 0 bridgehead atoms. The summed E-state index contributed by atoms with van der Waals surface area (Å²) in [6.45, 7) is 0. The highest BCUT2D eigenvalue weighted by Gasteiger charge is 2.34. The fourth-order valence-corrected chi connectivity index (χ4v) is 1.20. The van der Waals surface area contributed by atoms with Crippen LogP contribution >= 0.6 is 0 Å². The highest BCUT2D eigenvalue weighted by Crippen LogP contribution is 2.29. The first-order valence-electron chi connectivity index (χ1n) is 3.84. The Morgan fingerprint density at radius 2 is 1.87 bits per heavy atom. The molecule has 2 N–H and O–H groups in total. The number of quaternary nitrogens is 1. The van der Waals surface area contributed by atoms with Crippen LogP contribution in [0.3, 0.4) is 0 Å². The average Bonchev–Trinajstić information content (AvgIpc) is 2.06. The molecular formula is C7H6BF4NO2. The van der Waals surface area contributed by atoms with Crippen LogP contribution in [0.5, 0.6) is 0 Å². The highest BCUT2D eigenvalue weighted by atomic mass is 19.4. The van der Waals surface area contributed by atoms with Gasteiger partial charge in [-0.1, -0.05) is 0 Å². The average molecular weight is 223 g/mol. The summed E-state index contributed by atoms with van der Waals surface area (Å²) in [5, 5.41) is 17.5. The van der Waals surface area contributed by atoms with E-state index in [0.717, 1.165) is 7.85 Å². The van der Waals surface area contributed by atoms with Gasteiger partial charge in [-0.2, -0.15) is 18.4 Å². The monoisotopic (exact) mass is 223 g/mol. The van der Waals surface area contributed by atoms with E-state index in [-0.39, 0.29) is 6.07 Å². The van der Waals surface area contributed by atoms with Crippen molar-refractivity contribution in [1.82, 2.24) is 0 Å². The standard InChI is InChI=1S/C7H6BF4NO2/c8-6-4(7(10,11)12)1-3(9)2-5(6)13(14)15/h1-2,13-14H,8H2. The lowest BCUT2D eigenvalue weighted by Gasteiger charge is -2.18. The number of halogens is 4. The first kappa shape index (κ1) is 12.0. The van der Waals surface area contributed by atoms with Gasteiger partial charge in [-0.15, -0.1) is 0 Å². The molecule has 0 saturated carbocycles. The van der Waals surface area contributed by atoms with Gasteiger partial charge in [-0.05, 0) is 11.5 Å². The van der Waals surface area contributed by atoms with Crippen molar-refractivity contribution in [2.75, 3.05) is 0 Å². The van der Waals surface area contributed by atoms with Crippen LogP contribution < -0.4 is 10.7 Å². The summed E-state index contributed by atoms with van der Waals surface area (Å²) in [5.41, 5.74) is -2.43. The second-order valence-electron chi connectivity index (χ2n) is 2.93. The van der Waals surface area contributed by atoms with Crippen molar-refractivity contribution >= 4 is 19.0 Å².